The quantitative estimate of drug-likeness (QED) is 0.252. The van der Waals surface area contributed by atoms with Crippen LogP contribution in [0.3, 0.4) is 0 Å². The van der Waals surface area contributed by atoms with Gasteiger partial charge in [0.05, 0.1) is 35.7 Å². The predicted octanol–water partition coefficient (Wildman–Crippen LogP) is -15.5. The molecule has 1 aliphatic rings. The zero-order chi connectivity index (χ0) is 19.1. The van der Waals surface area contributed by atoms with Gasteiger partial charge >= 0.3 is 59.1 Å². The van der Waals surface area contributed by atoms with E-state index >= 15 is 0 Å². The monoisotopic (exact) mass is 480 g/mol. The van der Waals surface area contributed by atoms with Crippen molar-refractivity contribution < 1.29 is 131 Å². The fourth-order valence-corrected chi connectivity index (χ4v) is 3.54. The third-order valence-corrected chi connectivity index (χ3v) is 4.20. The summed E-state index contributed by atoms with van der Waals surface area (Å²) in [7, 11) is -18.3. The molecule has 0 heterocycles. The average molecular weight is 480 g/mol. The van der Waals surface area contributed by atoms with E-state index in [-0.39, 0.29) is 88.7 Å². The minimum Gasteiger partial charge on any atom is -0.853 e. The van der Waals surface area contributed by atoms with Crippen molar-refractivity contribution in [2.45, 2.75) is 36.6 Å². The molecule has 15 nitrogen and oxygen atoms in total. The second-order valence-electron chi connectivity index (χ2n) is 4.45. The topological polar surface area (TPSA) is 286 Å². The maximum atomic E-state index is 11.6. The molecule has 0 N–H and O–H groups in total. The van der Waals surface area contributed by atoms with Gasteiger partial charge in [-0.2, -0.15) is 0 Å². The Labute approximate surface area is 218 Å². The van der Waals surface area contributed by atoms with Crippen LogP contribution in [0.5, 0.6) is 0 Å². The zero-order valence-corrected chi connectivity index (χ0v) is 22.6. The molecule has 0 amide bonds. The Hall–Kier alpha value is 3.21. The molecule has 0 aromatic rings. The molecule has 2 unspecified atom stereocenters. The van der Waals surface area contributed by atoms with Crippen LogP contribution in [-0.4, -0.2) is 66.2 Å². The summed E-state index contributed by atoms with van der Waals surface area (Å²) in [6.45, 7) is 0. The van der Waals surface area contributed by atoms with E-state index in [9.17, 15) is 58.4 Å². The van der Waals surface area contributed by atoms with Gasteiger partial charge in [-0.25, -0.2) is 0 Å². The summed E-state index contributed by atoms with van der Waals surface area (Å²) in [5.41, 5.74) is 0. The minimum atomic E-state index is -6.14. The molecular weight excluding hydrogens is 474 g/mol. The van der Waals surface area contributed by atoms with Gasteiger partial charge in [-0.3, -0.25) is 0 Å². The van der Waals surface area contributed by atoms with Crippen LogP contribution in [0, 0.1) is 0 Å². The van der Waals surface area contributed by atoms with Crippen molar-refractivity contribution in [3.63, 3.8) is 0 Å². The average Bonchev–Trinajstić information content (AvgIpc) is 2.32. The van der Waals surface area contributed by atoms with Crippen molar-refractivity contribution in [2.75, 3.05) is 0 Å². The van der Waals surface area contributed by atoms with Gasteiger partial charge < -0.3 is 71.9 Å². The van der Waals surface area contributed by atoms with Crippen LogP contribution >= 0.6 is 23.5 Å². The van der Waals surface area contributed by atoms with Gasteiger partial charge in [0.25, 0.3) is 0 Å². The van der Waals surface area contributed by atoms with Crippen molar-refractivity contribution >= 4 is 53.0 Å². The molecule has 0 aliphatic heterocycles. The van der Waals surface area contributed by atoms with Crippen LogP contribution in [0.4, 0.5) is 0 Å². The predicted molar refractivity (Wildman–Crippen MR) is 54.6 cm³/mol. The number of hydrogen-bond donors (Lipinski definition) is 0. The number of phosphoric acid groups is 3. The molecule has 1 rings (SSSR count). The Bertz CT molecular complexity index is 549. The van der Waals surface area contributed by atoms with Crippen LogP contribution in [0.1, 0.15) is 0 Å². The Morgan fingerprint density at radius 1 is 0.519 bits per heavy atom. The molecule has 21 heteroatoms. The molecule has 27 heavy (non-hydrogen) atoms. The summed E-state index contributed by atoms with van der Waals surface area (Å²) in [4.78, 5) is 63.5. The van der Waals surface area contributed by atoms with Crippen molar-refractivity contribution in [2.24, 2.45) is 0 Å². The Morgan fingerprint density at radius 2 is 0.741 bits per heavy atom. The normalized spacial score (nSPS) is 31.9. The van der Waals surface area contributed by atoms with E-state index in [0.717, 1.165) is 0 Å². The summed E-state index contributed by atoms with van der Waals surface area (Å²) in [5.74, 6) is 0. The summed E-state index contributed by atoms with van der Waals surface area (Å²) in [6.07, 6.45) is -17.6. The third kappa shape index (κ3) is 12.1. The number of hydrogen-bond acceptors (Lipinski definition) is 15. The van der Waals surface area contributed by atoms with Crippen LogP contribution in [0.2, 0.25) is 0 Å². The van der Waals surface area contributed by atoms with Gasteiger partial charge in [0.1, 0.15) is 6.10 Å². The first-order valence-electron chi connectivity index (χ1n) is 5.61. The van der Waals surface area contributed by atoms with E-state index in [1.807, 2.05) is 0 Å². The van der Waals surface area contributed by atoms with Crippen molar-refractivity contribution in [3.05, 3.63) is 0 Å². The SMILES string of the molecule is O=P([O-])([O-])OC1[C@@H](OP(=O)([O-])[O-])[C@H]([O-])C([O-])[C@@H]([O-])[C@H]1OP(=O)([O-])[O-].[Na+].[Na+].[Na]. The van der Waals surface area contributed by atoms with Crippen LogP contribution < -0.4 is 104 Å². The van der Waals surface area contributed by atoms with Gasteiger partial charge in [-0.05, 0) is 0 Å². The molecule has 0 saturated heterocycles. The summed E-state index contributed by atoms with van der Waals surface area (Å²) in [6, 6.07) is 0. The largest absolute Gasteiger partial charge is 1.00 e. The second-order valence-corrected chi connectivity index (χ2v) is 7.76. The van der Waals surface area contributed by atoms with Crippen molar-refractivity contribution in [1.29, 1.82) is 0 Å². The molecular formula is C6H6Na3O15P3-7. The molecule has 6 atom stereocenters. The molecule has 0 aromatic heterocycles. The second kappa shape index (κ2) is 13.0. The maximum absolute atomic E-state index is 11.6. The van der Waals surface area contributed by atoms with Gasteiger partial charge in [0.15, 0.2) is 0 Å². The zero-order valence-electron chi connectivity index (χ0n) is 13.9. The van der Waals surface area contributed by atoms with Gasteiger partial charge in [0.2, 0.25) is 0 Å². The molecule has 1 radical (unpaired) electrons. The van der Waals surface area contributed by atoms with Crippen molar-refractivity contribution in [1.82, 2.24) is 0 Å². The molecule has 1 fully saturated rings. The molecule has 0 bridgehead atoms. The van der Waals surface area contributed by atoms with Crippen LogP contribution in [-0.2, 0) is 27.3 Å². The Kier molecular flexibility index (Phi) is 16.8. The molecule has 0 spiro atoms. The first-order valence-corrected chi connectivity index (χ1v) is 9.99. The van der Waals surface area contributed by atoms with Gasteiger partial charge in [-0.1, -0.05) is 0 Å². The van der Waals surface area contributed by atoms with Crippen LogP contribution in [0.25, 0.3) is 0 Å². The number of phosphoric ester groups is 3. The summed E-state index contributed by atoms with van der Waals surface area (Å²) in [5, 5.41) is 34.7. The molecule has 1 saturated carbocycles. The smallest absolute Gasteiger partial charge is 0.853 e. The fourth-order valence-electron chi connectivity index (χ4n) is 1.93. The molecule has 1 aliphatic carbocycles. The van der Waals surface area contributed by atoms with E-state index in [2.05, 4.69) is 13.6 Å². The van der Waals surface area contributed by atoms with E-state index in [1.54, 1.807) is 0 Å². The van der Waals surface area contributed by atoms with Crippen molar-refractivity contribution in [3.8, 4) is 0 Å². The Morgan fingerprint density at radius 3 is 0.963 bits per heavy atom. The van der Waals surface area contributed by atoms with E-state index in [1.165, 1.54) is 0 Å². The summed E-state index contributed by atoms with van der Waals surface area (Å²) >= 11 is 0. The fraction of sp³-hybridized carbons (Fsp3) is 1.00. The van der Waals surface area contributed by atoms with E-state index in [0.29, 0.717) is 0 Å². The van der Waals surface area contributed by atoms with Gasteiger partial charge in [-0.15, -0.1) is 18.3 Å². The Balaban J connectivity index is -0.00000192. The van der Waals surface area contributed by atoms with Crippen LogP contribution in [0.15, 0.2) is 0 Å². The summed E-state index contributed by atoms with van der Waals surface area (Å²) < 4.78 is 42.6. The molecule has 145 valence electrons. The van der Waals surface area contributed by atoms with E-state index < -0.39 is 60.1 Å². The minimum absolute atomic E-state index is 0. The number of rotatable bonds is 6. The van der Waals surface area contributed by atoms with E-state index in [4.69, 9.17) is 0 Å². The first-order chi connectivity index (χ1) is 10.5. The first kappa shape index (κ1) is 34.8. The maximum Gasteiger partial charge on any atom is 1.00 e. The standard InChI is InChI=1S/C6H12O15P3.3Na/c7-1-2(8)4(19-22(10,11)12)6(21-24(16,17)18)5(3(1)9)20-23(13,14)15;;;/h1-6H,(H2,10,11,12)(H2,13,14,15)(H2,16,17,18);;;/q-3;;2*+1/p-6/t1?,2-,3-,4-,5+,6?;;;/m1.../s1. The third-order valence-electron chi connectivity index (χ3n) is 2.70. The van der Waals surface area contributed by atoms with Gasteiger partial charge in [0, 0.05) is 29.6 Å². The molecule has 0 aromatic carbocycles.